The van der Waals surface area contributed by atoms with Crippen LogP contribution >= 0.6 is 0 Å². The highest BCUT2D eigenvalue weighted by molar-refractivity contribution is 5.98. The van der Waals surface area contributed by atoms with Crippen LogP contribution in [0.4, 0.5) is 13.2 Å². The first kappa shape index (κ1) is 25.2. The Morgan fingerprint density at radius 1 is 0.970 bits per heavy atom. The molecular formula is C21H21F3N4O5. The zero-order valence-corrected chi connectivity index (χ0v) is 17.7. The molecule has 0 aliphatic rings. The van der Waals surface area contributed by atoms with Gasteiger partial charge in [-0.1, -0.05) is 12.1 Å². The SMILES string of the molecule is CN(C)C(=O)c1ccc(C(=O)N(CCOc2cccc(C(=N)N)c2)OC(=O)C(F)(F)F)cc1. The lowest BCUT2D eigenvalue weighted by Gasteiger charge is -2.22. The molecule has 0 atom stereocenters. The second-order valence-electron chi connectivity index (χ2n) is 6.85. The van der Waals surface area contributed by atoms with Crippen LogP contribution in [0.2, 0.25) is 0 Å². The minimum absolute atomic E-state index is 0.112. The summed E-state index contributed by atoms with van der Waals surface area (Å²) in [5, 5.41) is 7.64. The van der Waals surface area contributed by atoms with Gasteiger partial charge in [-0.2, -0.15) is 18.2 Å². The van der Waals surface area contributed by atoms with Crippen molar-refractivity contribution < 1.29 is 37.1 Å². The van der Waals surface area contributed by atoms with Crippen molar-refractivity contribution in [2.75, 3.05) is 27.2 Å². The third-order valence-electron chi connectivity index (χ3n) is 4.14. The van der Waals surface area contributed by atoms with Crippen LogP contribution in [0.5, 0.6) is 5.75 Å². The molecule has 0 spiro atoms. The molecule has 2 aromatic rings. The van der Waals surface area contributed by atoms with Crippen molar-refractivity contribution in [1.82, 2.24) is 9.96 Å². The summed E-state index contributed by atoms with van der Waals surface area (Å²) in [7, 11) is 3.07. The summed E-state index contributed by atoms with van der Waals surface area (Å²) in [6, 6.07) is 11.1. The van der Waals surface area contributed by atoms with Gasteiger partial charge in [-0.15, -0.1) is 0 Å². The average molecular weight is 466 g/mol. The second kappa shape index (κ2) is 10.5. The van der Waals surface area contributed by atoms with Crippen molar-refractivity contribution in [3.05, 3.63) is 65.2 Å². The Morgan fingerprint density at radius 2 is 1.55 bits per heavy atom. The number of nitrogen functional groups attached to an aromatic ring is 1. The summed E-state index contributed by atoms with van der Waals surface area (Å²) in [5.41, 5.74) is 5.89. The van der Waals surface area contributed by atoms with Crippen LogP contribution in [0.3, 0.4) is 0 Å². The number of hydrogen-bond acceptors (Lipinski definition) is 6. The Balaban J connectivity index is 2.16. The maximum atomic E-state index is 12.7. The number of nitrogens with zero attached hydrogens (tertiary/aromatic N) is 2. The Hall–Kier alpha value is -4.09. The van der Waals surface area contributed by atoms with Gasteiger partial charge in [-0.05, 0) is 36.4 Å². The average Bonchev–Trinajstić information content (AvgIpc) is 2.76. The number of carbonyl (C=O) groups excluding carboxylic acids is 3. The third-order valence-corrected chi connectivity index (χ3v) is 4.14. The fourth-order valence-electron chi connectivity index (χ4n) is 2.50. The molecule has 0 saturated carbocycles. The molecule has 0 unspecified atom stereocenters. The summed E-state index contributed by atoms with van der Waals surface area (Å²) < 4.78 is 43.4. The summed E-state index contributed by atoms with van der Waals surface area (Å²) >= 11 is 0. The number of amidine groups is 1. The van der Waals surface area contributed by atoms with Crippen LogP contribution < -0.4 is 10.5 Å². The monoisotopic (exact) mass is 466 g/mol. The summed E-state index contributed by atoms with van der Waals surface area (Å²) in [6.07, 6.45) is -5.32. The van der Waals surface area contributed by atoms with Gasteiger partial charge in [-0.25, -0.2) is 4.79 Å². The van der Waals surface area contributed by atoms with Crippen LogP contribution in [-0.4, -0.2) is 67.0 Å². The van der Waals surface area contributed by atoms with Gasteiger partial charge in [0.15, 0.2) is 0 Å². The Bertz CT molecular complexity index is 1040. The number of amides is 2. The largest absolute Gasteiger partial charge is 0.493 e. The molecule has 33 heavy (non-hydrogen) atoms. The smallest absolute Gasteiger partial charge is 0.492 e. The molecule has 0 heterocycles. The number of rotatable bonds is 7. The normalized spacial score (nSPS) is 10.8. The zero-order chi connectivity index (χ0) is 24.8. The van der Waals surface area contributed by atoms with Gasteiger partial charge in [0, 0.05) is 30.8 Å². The number of benzene rings is 2. The first-order valence-electron chi connectivity index (χ1n) is 9.40. The van der Waals surface area contributed by atoms with E-state index in [2.05, 4.69) is 4.84 Å². The van der Waals surface area contributed by atoms with E-state index in [-0.39, 0.29) is 40.3 Å². The van der Waals surface area contributed by atoms with E-state index in [0.717, 1.165) is 0 Å². The number of nitrogens with one attached hydrogen (secondary N) is 1. The lowest BCUT2D eigenvalue weighted by molar-refractivity contribution is -0.229. The summed E-state index contributed by atoms with van der Waals surface area (Å²) in [6.45, 7) is -0.876. The van der Waals surface area contributed by atoms with E-state index in [1.165, 1.54) is 55.4 Å². The second-order valence-corrected chi connectivity index (χ2v) is 6.85. The van der Waals surface area contributed by atoms with Gasteiger partial charge in [0.05, 0.1) is 6.54 Å². The quantitative estimate of drug-likeness (QED) is 0.366. The van der Waals surface area contributed by atoms with E-state index in [9.17, 15) is 27.6 Å². The zero-order valence-electron chi connectivity index (χ0n) is 17.7. The van der Waals surface area contributed by atoms with Gasteiger partial charge in [-0.3, -0.25) is 15.0 Å². The molecular weight excluding hydrogens is 445 g/mol. The molecule has 9 nitrogen and oxygen atoms in total. The van der Waals surface area contributed by atoms with Gasteiger partial charge in [0.2, 0.25) is 0 Å². The molecule has 12 heteroatoms. The van der Waals surface area contributed by atoms with Crippen LogP contribution in [0, 0.1) is 5.41 Å². The lowest BCUT2D eigenvalue weighted by Crippen LogP contribution is -2.40. The molecule has 0 saturated heterocycles. The molecule has 0 aliphatic carbocycles. The predicted octanol–water partition coefficient (Wildman–Crippen LogP) is 2.21. The van der Waals surface area contributed by atoms with Crippen molar-refractivity contribution in [2.24, 2.45) is 5.73 Å². The first-order valence-corrected chi connectivity index (χ1v) is 9.40. The number of carbonyl (C=O) groups is 3. The minimum Gasteiger partial charge on any atom is -0.492 e. The minimum atomic E-state index is -5.32. The number of ether oxygens (including phenoxy) is 1. The van der Waals surface area contributed by atoms with E-state index >= 15 is 0 Å². The highest BCUT2D eigenvalue weighted by Gasteiger charge is 2.43. The summed E-state index contributed by atoms with van der Waals surface area (Å²) in [5.74, 6) is -3.93. The Labute approximate surface area is 186 Å². The molecule has 0 bridgehead atoms. The predicted molar refractivity (Wildman–Crippen MR) is 111 cm³/mol. The molecule has 0 fully saturated rings. The highest BCUT2D eigenvalue weighted by atomic mass is 19.4. The maximum Gasteiger partial charge on any atom is 0.493 e. The number of hydrogen-bond donors (Lipinski definition) is 2. The fourth-order valence-corrected chi connectivity index (χ4v) is 2.50. The molecule has 3 N–H and O–H groups in total. The fraction of sp³-hybridized carbons (Fsp3) is 0.238. The van der Waals surface area contributed by atoms with Crippen molar-refractivity contribution in [3.8, 4) is 5.75 Å². The van der Waals surface area contributed by atoms with E-state index in [1.54, 1.807) is 12.1 Å². The molecule has 176 valence electrons. The van der Waals surface area contributed by atoms with E-state index in [4.69, 9.17) is 15.9 Å². The third kappa shape index (κ3) is 6.95. The Morgan fingerprint density at radius 3 is 2.06 bits per heavy atom. The molecule has 2 rings (SSSR count). The number of nitrogens with two attached hydrogens (primary N) is 1. The van der Waals surface area contributed by atoms with Crippen LogP contribution in [0.1, 0.15) is 26.3 Å². The Kier molecular flexibility index (Phi) is 8.00. The van der Waals surface area contributed by atoms with E-state index in [1.807, 2.05) is 0 Å². The molecule has 2 aromatic carbocycles. The van der Waals surface area contributed by atoms with Gasteiger partial charge in [0.25, 0.3) is 11.8 Å². The molecule has 0 aliphatic heterocycles. The number of alkyl halides is 3. The van der Waals surface area contributed by atoms with Crippen LogP contribution in [-0.2, 0) is 9.63 Å². The van der Waals surface area contributed by atoms with Gasteiger partial charge < -0.3 is 20.2 Å². The molecule has 0 radical (unpaired) electrons. The number of hydroxylamine groups is 2. The van der Waals surface area contributed by atoms with Gasteiger partial charge >= 0.3 is 12.1 Å². The van der Waals surface area contributed by atoms with Crippen LogP contribution in [0.15, 0.2) is 48.5 Å². The number of halogens is 3. The molecule has 0 aromatic heterocycles. The molecule has 2 amide bonds. The van der Waals surface area contributed by atoms with E-state index in [0.29, 0.717) is 5.56 Å². The van der Waals surface area contributed by atoms with Crippen molar-refractivity contribution in [2.45, 2.75) is 6.18 Å². The lowest BCUT2D eigenvalue weighted by atomic mass is 10.1. The van der Waals surface area contributed by atoms with E-state index < -0.39 is 24.6 Å². The highest BCUT2D eigenvalue weighted by Crippen LogP contribution is 2.19. The standard InChI is InChI=1S/C21H21F3N4O5/c1-27(2)18(29)13-6-8-14(9-7-13)19(30)28(33-20(31)21(22,23)24)10-11-32-16-5-3-4-15(12-16)17(25)26/h3-9,12H,10-11H2,1-2H3,(H3,25,26). The first-order chi connectivity index (χ1) is 15.4. The van der Waals surface area contributed by atoms with Crippen molar-refractivity contribution in [1.29, 1.82) is 5.41 Å². The van der Waals surface area contributed by atoms with Crippen LogP contribution in [0.25, 0.3) is 0 Å². The topological polar surface area (TPSA) is 126 Å². The van der Waals surface area contributed by atoms with Crippen molar-refractivity contribution >= 4 is 23.6 Å². The van der Waals surface area contributed by atoms with Crippen molar-refractivity contribution in [3.63, 3.8) is 0 Å². The maximum absolute atomic E-state index is 12.7. The van der Waals surface area contributed by atoms with Gasteiger partial charge in [0.1, 0.15) is 18.2 Å². The summed E-state index contributed by atoms with van der Waals surface area (Å²) in [4.78, 5) is 41.5.